The highest BCUT2D eigenvalue weighted by molar-refractivity contribution is 5.79. The molecule has 0 unspecified atom stereocenters. The highest BCUT2D eigenvalue weighted by Crippen LogP contribution is 2.47. The molecule has 3 atom stereocenters. The first-order chi connectivity index (χ1) is 20.9. The Morgan fingerprint density at radius 2 is 1.70 bits per heavy atom. The lowest BCUT2D eigenvalue weighted by molar-refractivity contribution is -0.144. The topological polar surface area (TPSA) is 70.1 Å². The average Bonchev–Trinajstić information content (AvgIpc) is 3.63. The smallest absolute Gasteiger partial charge is 0.309 e. The first kappa shape index (κ1) is 30.7. The Morgan fingerprint density at radius 1 is 0.977 bits per heavy atom. The summed E-state index contributed by atoms with van der Waals surface area (Å²) in [6, 6.07) is 20.1. The molecule has 228 valence electrons. The van der Waals surface area contributed by atoms with Gasteiger partial charge in [0.15, 0.2) is 0 Å². The third-order valence-electron chi connectivity index (χ3n) is 8.94. The molecule has 2 aliphatic rings. The number of halogens is 1. The number of carboxylic acid groups (broad SMARTS) is 1. The summed E-state index contributed by atoms with van der Waals surface area (Å²) >= 11 is 0. The number of ether oxygens (including phenoxy) is 1. The highest BCUT2D eigenvalue weighted by Gasteiger charge is 2.48. The number of hydrogen-bond donors (Lipinski definition) is 1. The number of carbonyl (C=O) groups is 2. The molecule has 3 aromatic carbocycles. The number of fused-ring (bicyclic) bond motifs is 1. The Balaban J connectivity index is 1.49. The van der Waals surface area contributed by atoms with Crippen LogP contribution in [0.25, 0.3) is 0 Å². The van der Waals surface area contributed by atoms with Gasteiger partial charge in [0.25, 0.3) is 0 Å². The Labute approximate surface area is 254 Å². The maximum absolute atomic E-state index is 15.6. The van der Waals surface area contributed by atoms with Gasteiger partial charge in [0.05, 0.1) is 19.1 Å². The zero-order chi connectivity index (χ0) is 30.3. The van der Waals surface area contributed by atoms with E-state index >= 15 is 4.39 Å². The SMILES string of the molecule is CCCCN(CCCC)C(=O)CN1C[C@H](c2ccc3c(c2)CCO3)[C@@H](C(=O)O)[C@@H]1c1ccc(Cc2ccccc2)c(F)c1. The average molecular weight is 587 g/mol. The Hall–Kier alpha value is -3.71. The van der Waals surface area contributed by atoms with Gasteiger partial charge in [-0.1, -0.05) is 81.3 Å². The fraction of sp³-hybridized carbons (Fsp3) is 0.444. The molecule has 1 fully saturated rings. The summed E-state index contributed by atoms with van der Waals surface area (Å²) in [7, 11) is 0. The predicted octanol–water partition coefficient (Wildman–Crippen LogP) is 6.62. The van der Waals surface area contributed by atoms with Crippen LogP contribution >= 0.6 is 0 Å². The quantitative estimate of drug-likeness (QED) is 0.244. The number of rotatable bonds is 13. The van der Waals surface area contributed by atoms with E-state index in [9.17, 15) is 14.7 Å². The van der Waals surface area contributed by atoms with E-state index in [4.69, 9.17) is 4.74 Å². The first-order valence-electron chi connectivity index (χ1n) is 15.7. The summed E-state index contributed by atoms with van der Waals surface area (Å²) < 4.78 is 21.3. The van der Waals surface area contributed by atoms with Crippen molar-refractivity contribution >= 4 is 11.9 Å². The van der Waals surface area contributed by atoms with Gasteiger partial charge in [-0.2, -0.15) is 0 Å². The van der Waals surface area contributed by atoms with Crippen molar-refractivity contribution in [2.24, 2.45) is 5.92 Å². The minimum absolute atomic E-state index is 0.000196. The van der Waals surface area contributed by atoms with Gasteiger partial charge in [-0.25, -0.2) is 4.39 Å². The van der Waals surface area contributed by atoms with Gasteiger partial charge >= 0.3 is 5.97 Å². The minimum Gasteiger partial charge on any atom is -0.493 e. The maximum Gasteiger partial charge on any atom is 0.309 e. The summed E-state index contributed by atoms with van der Waals surface area (Å²) in [4.78, 5) is 30.6. The van der Waals surface area contributed by atoms with Gasteiger partial charge in [0, 0.05) is 44.4 Å². The van der Waals surface area contributed by atoms with Crippen LogP contribution < -0.4 is 4.74 Å². The molecule has 0 aliphatic carbocycles. The standard InChI is InChI=1S/C36H43FN2O4/c1-3-5-17-38(18-6-4-2)33(40)24-39-23-30(26-14-15-32-28(21-26)16-19-43-32)34(36(41)42)35(39)29-13-12-27(31(37)22-29)20-25-10-8-7-9-11-25/h7-15,21-22,30,34-35H,3-6,16-20,23-24H2,1-2H3,(H,41,42)/t30-,34-,35+/m1/s1. The van der Waals surface area contributed by atoms with Gasteiger partial charge < -0.3 is 14.7 Å². The molecule has 7 heteroatoms. The lowest BCUT2D eigenvalue weighted by Gasteiger charge is -2.30. The predicted molar refractivity (Wildman–Crippen MR) is 166 cm³/mol. The molecular weight excluding hydrogens is 543 g/mol. The Bertz CT molecular complexity index is 1400. The van der Waals surface area contributed by atoms with Crippen LogP contribution in [-0.4, -0.2) is 59.6 Å². The van der Waals surface area contributed by atoms with Crippen molar-refractivity contribution in [3.8, 4) is 5.75 Å². The number of benzene rings is 3. The fourth-order valence-electron chi connectivity index (χ4n) is 6.60. The van der Waals surface area contributed by atoms with E-state index < -0.39 is 17.9 Å². The van der Waals surface area contributed by atoms with Crippen molar-refractivity contribution in [3.63, 3.8) is 0 Å². The van der Waals surface area contributed by atoms with E-state index in [1.807, 2.05) is 58.3 Å². The van der Waals surface area contributed by atoms with Crippen molar-refractivity contribution in [2.75, 3.05) is 32.8 Å². The molecule has 5 rings (SSSR count). The first-order valence-corrected chi connectivity index (χ1v) is 15.7. The van der Waals surface area contributed by atoms with Crippen LogP contribution in [0, 0.1) is 11.7 Å². The van der Waals surface area contributed by atoms with Crippen LogP contribution in [-0.2, 0) is 22.4 Å². The molecule has 0 spiro atoms. The molecule has 0 radical (unpaired) electrons. The third kappa shape index (κ3) is 7.10. The van der Waals surface area contributed by atoms with Crippen molar-refractivity contribution in [2.45, 2.75) is 64.3 Å². The molecule has 0 bridgehead atoms. The molecule has 43 heavy (non-hydrogen) atoms. The van der Waals surface area contributed by atoms with Crippen molar-refractivity contribution in [1.82, 2.24) is 9.80 Å². The number of unbranched alkanes of at least 4 members (excludes halogenated alkanes) is 2. The van der Waals surface area contributed by atoms with Crippen molar-refractivity contribution < 1.29 is 23.8 Å². The molecule has 2 heterocycles. The molecule has 0 saturated carbocycles. The highest BCUT2D eigenvalue weighted by atomic mass is 19.1. The molecule has 0 aromatic heterocycles. The lowest BCUT2D eigenvalue weighted by Crippen LogP contribution is -2.42. The van der Waals surface area contributed by atoms with Gasteiger partial charge in [-0.3, -0.25) is 14.5 Å². The van der Waals surface area contributed by atoms with Crippen LogP contribution in [0.1, 0.15) is 79.3 Å². The largest absolute Gasteiger partial charge is 0.493 e. The van der Waals surface area contributed by atoms with Crippen LogP contribution in [0.5, 0.6) is 5.75 Å². The second-order valence-electron chi connectivity index (χ2n) is 11.9. The van der Waals surface area contributed by atoms with Crippen LogP contribution in [0.3, 0.4) is 0 Å². The molecule has 1 saturated heterocycles. The van der Waals surface area contributed by atoms with E-state index in [-0.39, 0.29) is 24.2 Å². The van der Waals surface area contributed by atoms with Crippen molar-refractivity contribution in [1.29, 1.82) is 0 Å². The van der Waals surface area contributed by atoms with Gasteiger partial charge in [0.2, 0.25) is 5.91 Å². The summed E-state index contributed by atoms with van der Waals surface area (Å²) in [5.74, 6) is -1.65. The molecule has 1 N–H and O–H groups in total. The molecular formula is C36H43FN2O4. The molecule has 1 amide bonds. The minimum atomic E-state index is -0.940. The van der Waals surface area contributed by atoms with Gasteiger partial charge in [-0.05, 0) is 52.8 Å². The van der Waals surface area contributed by atoms with Crippen LogP contribution in [0.4, 0.5) is 4.39 Å². The second kappa shape index (κ2) is 14.2. The van der Waals surface area contributed by atoms with Crippen LogP contribution in [0.15, 0.2) is 66.7 Å². The number of nitrogens with zero attached hydrogens (tertiary/aromatic N) is 2. The summed E-state index contributed by atoms with van der Waals surface area (Å²) in [6.45, 7) is 6.71. The third-order valence-corrected chi connectivity index (χ3v) is 8.94. The molecule has 6 nitrogen and oxygen atoms in total. The number of amides is 1. The van der Waals surface area contributed by atoms with E-state index in [0.29, 0.717) is 43.8 Å². The number of aliphatic carboxylic acids is 1. The van der Waals surface area contributed by atoms with E-state index in [2.05, 4.69) is 19.9 Å². The van der Waals surface area contributed by atoms with E-state index in [0.717, 1.165) is 54.5 Å². The number of carbonyl (C=O) groups excluding carboxylic acids is 1. The maximum atomic E-state index is 15.6. The van der Waals surface area contributed by atoms with E-state index in [1.165, 1.54) is 6.07 Å². The van der Waals surface area contributed by atoms with Crippen molar-refractivity contribution in [3.05, 3.63) is 100 Å². The number of likely N-dealkylation sites (tertiary alicyclic amines) is 1. The summed E-state index contributed by atoms with van der Waals surface area (Å²) in [6.07, 6.45) is 5.06. The zero-order valence-electron chi connectivity index (χ0n) is 25.3. The van der Waals surface area contributed by atoms with E-state index in [1.54, 1.807) is 6.07 Å². The normalized spacial score (nSPS) is 19.7. The van der Waals surface area contributed by atoms with Gasteiger partial charge in [-0.15, -0.1) is 0 Å². The zero-order valence-corrected chi connectivity index (χ0v) is 25.3. The van der Waals surface area contributed by atoms with Gasteiger partial charge in [0.1, 0.15) is 11.6 Å². The second-order valence-corrected chi connectivity index (χ2v) is 11.9. The summed E-state index contributed by atoms with van der Waals surface area (Å²) in [5, 5.41) is 10.6. The fourth-order valence-corrected chi connectivity index (χ4v) is 6.60. The number of carboxylic acids is 1. The lowest BCUT2D eigenvalue weighted by atomic mass is 9.82. The Morgan fingerprint density at radius 3 is 2.37 bits per heavy atom. The monoisotopic (exact) mass is 586 g/mol. The van der Waals surface area contributed by atoms with Crippen LogP contribution in [0.2, 0.25) is 0 Å². The number of hydrogen-bond acceptors (Lipinski definition) is 4. The molecule has 3 aromatic rings. The Kier molecular flexibility index (Phi) is 10.1. The molecule has 2 aliphatic heterocycles. The summed E-state index contributed by atoms with van der Waals surface area (Å²) in [5.41, 5.74) is 4.16.